The van der Waals surface area contributed by atoms with E-state index >= 15 is 0 Å². The van der Waals surface area contributed by atoms with E-state index < -0.39 is 0 Å². The second kappa shape index (κ2) is 7.90. The maximum absolute atomic E-state index is 11.9. The third-order valence-corrected chi connectivity index (χ3v) is 3.27. The van der Waals surface area contributed by atoms with E-state index in [1.807, 2.05) is 14.1 Å². The Labute approximate surface area is 125 Å². The highest BCUT2D eigenvalue weighted by molar-refractivity contribution is 5.91. The van der Waals surface area contributed by atoms with Crippen LogP contribution >= 0.6 is 0 Å². The molecule has 1 saturated heterocycles. The summed E-state index contributed by atoms with van der Waals surface area (Å²) in [5, 5.41) is 2.85. The minimum atomic E-state index is -0.171. The summed E-state index contributed by atoms with van der Waals surface area (Å²) in [4.78, 5) is 24.6. The molecule has 0 spiro atoms. The second-order valence-corrected chi connectivity index (χ2v) is 5.27. The van der Waals surface area contributed by atoms with Crippen LogP contribution in [0.1, 0.15) is 16.9 Å². The van der Waals surface area contributed by atoms with Gasteiger partial charge in [-0.25, -0.2) is 9.97 Å². The highest BCUT2D eigenvalue weighted by Crippen LogP contribution is 2.10. The van der Waals surface area contributed by atoms with Gasteiger partial charge in [0.25, 0.3) is 5.91 Å². The number of hydrogen-bond donors (Lipinski definition) is 1. The lowest BCUT2D eigenvalue weighted by atomic mass is 10.3. The molecule has 116 valence electrons. The average molecular weight is 293 g/mol. The monoisotopic (exact) mass is 293 g/mol. The fourth-order valence-electron chi connectivity index (χ4n) is 2.08. The number of amides is 1. The highest BCUT2D eigenvalue weighted by Gasteiger charge is 2.14. The number of nitrogens with zero attached hydrogens (tertiary/aromatic N) is 4. The van der Waals surface area contributed by atoms with Crippen LogP contribution in [0.15, 0.2) is 12.4 Å². The maximum atomic E-state index is 11.9. The Kier molecular flexibility index (Phi) is 5.89. The SMILES string of the molecule is CN(C)CCCNC(=O)c1cnc(N2CCOCC2)cn1. The van der Waals surface area contributed by atoms with Crippen LogP contribution < -0.4 is 10.2 Å². The normalized spacial score (nSPS) is 15.3. The summed E-state index contributed by atoms with van der Waals surface area (Å²) < 4.78 is 5.30. The Morgan fingerprint density at radius 2 is 2.10 bits per heavy atom. The van der Waals surface area contributed by atoms with Crippen LogP contribution in [0.3, 0.4) is 0 Å². The number of rotatable bonds is 6. The first-order valence-corrected chi connectivity index (χ1v) is 7.24. The molecule has 0 aromatic carbocycles. The van der Waals surface area contributed by atoms with Crippen molar-refractivity contribution >= 4 is 11.7 Å². The minimum absolute atomic E-state index is 0.171. The van der Waals surface area contributed by atoms with Crippen LogP contribution in [-0.2, 0) is 4.74 Å². The zero-order valence-corrected chi connectivity index (χ0v) is 12.7. The molecule has 21 heavy (non-hydrogen) atoms. The molecule has 1 aromatic rings. The molecular weight excluding hydrogens is 270 g/mol. The van der Waals surface area contributed by atoms with Gasteiger partial charge in [0.15, 0.2) is 0 Å². The van der Waals surface area contributed by atoms with Crippen LogP contribution in [-0.4, -0.2) is 74.3 Å². The third-order valence-electron chi connectivity index (χ3n) is 3.27. The molecule has 7 heteroatoms. The predicted molar refractivity (Wildman–Crippen MR) is 80.6 cm³/mol. The van der Waals surface area contributed by atoms with Crippen LogP contribution in [0.5, 0.6) is 0 Å². The quantitative estimate of drug-likeness (QED) is 0.744. The van der Waals surface area contributed by atoms with Gasteiger partial charge in [-0.1, -0.05) is 0 Å². The molecule has 1 aliphatic rings. The molecule has 0 atom stereocenters. The van der Waals surface area contributed by atoms with Gasteiger partial charge in [0.05, 0.1) is 25.6 Å². The van der Waals surface area contributed by atoms with Gasteiger partial charge in [-0.2, -0.15) is 0 Å². The van der Waals surface area contributed by atoms with E-state index in [0.29, 0.717) is 25.5 Å². The molecule has 0 radical (unpaired) electrons. The Morgan fingerprint density at radius 3 is 2.71 bits per heavy atom. The number of ether oxygens (including phenoxy) is 1. The molecule has 1 amide bonds. The van der Waals surface area contributed by atoms with E-state index in [-0.39, 0.29) is 5.91 Å². The van der Waals surface area contributed by atoms with E-state index in [1.54, 1.807) is 6.20 Å². The maximum Gasteiger partial charge on any atom is 0.271 e. The number of hydrogen-bond acceptors (Lipinski definition) is 6. The predicted octanol–water partition coefficient (Wildman–Crippen LogP) is -0.00530. The van der Waals surface area contributed by atoms with Gasteiger partial charge < -0.3 is 19.9 Å². The minimum Gasteiger partial charge on any atom is -0.378 e. The highest BCUT2D eigenvalue weighted by atomic mass is 16.5. The zero-order chi connectivity index (χ0) is 15.1. The van der Waals surface area contributed by atoms with Gasteiger partial charge >= 0.3 is 0 Å². The van der Waals surface area contributed by atoms with Crippen LogP contribution in [0.2, 0.25) is 0 Å². The first-order chi connectivity index (χ1) is 10.2. The van der Waals surface area contributed by atoms with Crippen molar-refractivity contribution in [1.29, 1.82) is 0 Å². The van der Waals surface area contributed by atoms with Gasteiger partial charge in [0.1, 0.15) is 11.5 Å². The lowest BCUT2D eigenvalue weighted by molar-refractivity contribution is 0.0946. The van der Waals surface area contributed by atoms with Crippen LogP contribution in [0, 0.1) is 0 Å². The topological polar surface area (TPSA) is 70.6 Å². The van der Waals surface area contributed by atoms with Crippen molar-refractivity contribution in [2.45, 2.75) is 6.42 Å². The van der Waals surface area contributed by atoms with Gasteiger partial charge in [-0.15, -0.1) is 0 Å². The molecule has 7 nitrogen and oxygen atoms in total. The molecule has 0 aliphatic carbocycles. The van der Waals surface area contributed by atoms with Crippen molar-refractivity contribution in [3.05, 3.63) is 18.1 Å². The first kappa shape index (κ1) is 15.7. The molecule has 2 rings (SSSR count). The zero-order valence-electron chi connectivity index (χ0n) is 12.7. The van der Waals surface area contributed by atoms with Crippen LogP contribution in [0.25, 0.3) is 0 Å². The molecule has 1 aromatic heterocycles. The number of carbonyl (C=O) groups is 1. The van der Waals surface area contributed by atoms with E-state index in [0.717, 1.165) is 31.9 Å². The van der Waals surface area contributed by atoms with Crippen molar-refractivity contribution in [2.75, 3.05) is 58.4 Å². The molecule has 2 heterocycles. The molecule has 0 saturated carbocycles. The van der Waals surface area contributed by atoms with Gasteiger partial charge in [0.2, 0.25) is 0 Å². The largest absolute Gasteiger partial charge is 0.378 e. The standard InChI is InChI=1S/C14H23N5O2/c1-18(2)5-3-4-15-14(20)12-10-17-13(11-16-12)19-6-8-21-9-7-19/h10-11H,3-9H2,1-2H3,(H,15,20). The lowest BCUT2D eigenvalue weighted by Crippen LogP contribution is -2.37. The Bertz CT molecular complexity index is 443. The summed E-state index contributed by atoms with van der Waals surface area (Å²) in [6, 6.07) is 0. The van der Waals surface area contributed by atoms with E-state index in [9.17, 15) is 4.79 Å². The van der Waals surface area contributed by atoms with E-state index in [4.69, 9.17) is 4.74 Å². The second-order valence-electron chi connectivity index (χ2n) is 5.27. The van der Waals surface area contributed by atoms with Crippen molar-refractivity contribution in [3.8, 4) is 0 Å². The van der Waals surface area contributed by atoms with Crippen molar-refractivity contribution < 1.29 is 9.53 Å². The average Bonchev–Trinajstić information content (AvgIpc) is 2.52. The molecule has 0 unspecified atom stereocenters. The Morgan fingerprint density at radius 1 is 1.33 bits per heavy atom. The molecule has 1 aliphatic heterocycles. The fraction of sp³-hybridized carbons (Fsp3) is 0.643. The number of nitrogens with one attached hydrogen (secondary N) is 1. The molecular formula is C14H23N5O2. The molecule has 0 bridgehead atoms. The summed E-state index contributed by atoms with van der Waals surface area (Å²) in [5.74, 6) is 0.622. The van der Waals surface area contributed by atoms with E-state index in [1.165, 1.54) is 6.20 Å². The summed E-state index contributed by atoms with van der Waals surface area (Å²) in [5.41, 5.74) is 0.358. The number of morpholine rings is 1. The van der Waals surface area contributed by atoms with Gasteiger partial charge in [-0.05, 0) is 27.1 Å². The van der Waals surface area contributed by atoms with Crippen molar-refractivity contribution in [1.82, 2.24) is 20.2 Å². The number of carbonyl (C=O) groups excluding carboxylic acids is 1. The Hall–Kier alpha value is -1.73. The van der Waals surface area contributed by atoms with Gasteiger partial charge in [-0.3, -0.25) is 4.79 Å². The first-order valence-electron chi connectivity index (χ1n) is 7.24. The summed E-state index contributed by atoms with van der Waals surface area (Å²) in [7, 11) is 4.02. The summed E-state index contributed by atoms with van der Waals surface area (Å²) in [6.45, 7) is 4.62. The van der Waals surface area contributed by atoms with Crippen molar-refractivity contribution in [2.24, 2.45) is 0 Å². The summed E-state index contributed by atoms with van der Waals surface area (Å²) >= 11 is 0. The Balaban J connectivity index is 1.82. The lowest BCUT2D eigenvalue weighted by Gasteiger charge is -2.27. The van der Waals surface area contributed by atoms with Crippen LogP contribution in [0.4, 0.5) is 5.82 Å². The van der Waals surface area contributed by atoms with Crippen molar-refractivity contribution in [3.63, 3.8) is 0 Å². The smallest absolute Gasteiger partial charge is 0.271 e. The summed E-state index contributed by atoms with van der Waals surface area (Å²) in [6.07, 6.45) is 4.10. The third kappa shape index (κ3) is 4.95. The molecule has 1 N–H and O–H groups in total. The van der Waals surface area contributed by atoms with E-state index in [2.05, 4.69) is 25.1 Å². The molecule has 1 fully saturated rings. The number of aromatic nitrogens is 2. The fourth-order valence-corrected chi connectivity index (χ4v) is 2.08. The van der Waals surface area contributed by atoms with Gasteiger partial charge in [0, 0.05) is 19.6 Å². The number of anilines is 1.